The number of hydrogen-bond donors (Lipinski definition) is 0. The van der Waals surface area contributed by atoms with Crippen LogP contribution in [0.15, 0.2) is 30.3 Å². The summed E-state index contributed by atoms with van der Waals surface area (Å²) >= 11 is 13.6. The molecule has 0 amide bonds. The van der Waals surface area contributed by atoms with Gasteiger partial charge in [-0.05, 0) is 30.7 Å². The molecule has 5 heteroatoms. The summed E-state index contributed by atoms with van der Waals surface area (Å²) < 4.78 is 1.08. The second kappa shape index (κ2) is 4.50. The van der Waals surface area contributed by atoms with Crippen LogP contribution in [0.3, 0.4) is 0 Å². The lowest BCUT2D eigenvalue weighted by atomic mass is 10.2. The highest BCUT2D eigenvalue weighted by Crippen LogP contribution is 2.37. The SMILES string of the molecule is Cc1nnc(Cl)c2cc(-c3ccc(Cl)cc3)sc12. The Morgan fingerprint density at radius 1 is 1.06 bits per heavy atom. The molecule has 2 aromatic heterocycles. The smallest absolute Gasteiger partial charge is 0.153 e. The summed E-state index contributed by atoms with van der Waals surface area (Å²) in [5.41, 5.74) is 2.02. The molecule has 0 unspecified atom stereocenters. The van der Waals surface area contributed by atoms with Crippen LogP contribution in [0.4, 0.5) is 0 Å². The van der Waals surface area contributed by atoms with Crippen molar-refractivity contribution in [3.05, 3.63) is 46.2 Å². The van der Waals surface area contributed by atoms with E-state index in [1.54, 1.807) is 11.3 Å². The molecular formula is C13H8Cl2N2S. The number of hydrogen-bond acceptors (Lipinski definition) is 3. The standard InChI is InChI=1S/C13H8Cl2N2S/c1-7-12-10(13(15)17-16-7)6-11(18-12)8-2-4-9(14)5-3-8/h2-6H,1H3. The lowest BCUT2D eigenvalue weighted by Gasteiger charge is -1.96. The molecule has 0 radical (unpaired) electrons. The van der Waals surface area contributed by atoms with E-state index in [1.165, 1.54) is 0 Å². The summed E-state index contributed by atoms with van der Waals surface area (Å²) in [5.74, 6) is 0. The molecule has 1 aromatic carbocycles. The summed E-state index contributed by atoms with van der Waals surface area (Å²) in [6.07, 6.45) is 0. The molecular weight excluding hydrogens is 287 g/mol. The van der Waals surface area contributed by atoms with Gasteiger partial charge in [-0.15, -0.1) is 16.4 Å². The van der Waals surface area contributed by atoms with Crippen molar-refractivity contribution in [3.8, 4) is 10.4 Å². The van der Waals surface area contributed by atoms with Gasteiger partial charge in [0.1, 0.15) is 0 Å². The first-order chi connectivity index (χ1) is 8.65. The minimum atomic E-state index is 0.451. The Labute approximate surface area is 118 Å². The lowest BCUT2D eigenvalue weighted by molar-refractivity contribution is 1.01. The van der Waals surface area contributed by atoms with Gasteiger partial charge in [0.2, 0.25) is 0 Å². The molecule has 0 saturated heterocycles. The monoisotopic (exact) mass is 294 g/mol. The quantitative estimate of drug-likeness (QED) is 0.633. The number of benzene rings is 1. The first-order valence-electron chi connectivity index (χ1n) is 5.33. The van der Waals surface area contributed by atoms with Crippen molar-refractivity contribution in [2.24, 2.45) is 0 Å². The van der Waals surface area contributed by atoms with E-state index < -0.39 is 0 Å². The maximum Gasteiger partial charge on any atom is 0.160 e. The molecule has 0 aliphatic carbocycles. The van der Waals surface area contributed by atoms with Crippen molar-refractivity contribution in [1.29, 1.82) is 0 Å². The molecule has 0 saturated carbocycles. The van der Waals surface area contributed by atoms with E-state index in [4.69, 9.17) is 23.2 Å². The average Bonchev–Trinajstić information content (AvgIpc) is 2.81. The number of aryl methyl sites for hydroxylation is 1. The highest BCUT2D eigenvalue weighted by Gasteiger charge is 2.11. The zero-order valence-electron chi connectivity index (χ0n) is 9.45. The largest absolute Gasteiger partial charge is 0.160 e. The fraction of sp³-hybridized carbons (Fsp3) is 0.0769. The maximum absolute atomic E-state index is 6.07. The topological polar surface area (TPSA) is 25.8 Å². The first-order valence-corrected chi connectivity index (χ1v) is 6.90. The number of thiophene rings is 1. The van der Waals surface area contributed by atoms with Gasteiger partial charge >= 0.3 is 0 Å². The van der Waals surface area contributed by atoms with Crippen molar-refractivity contribution in [1.82, 2.24) is 10.2 Å². The third-order valence-electron chi connectivity index (χ3n) is 2.70. The van der Waals surface area contributed by atoms with Crippen LogP contribution in [0.1, 0.15) is 5.69 Å². The summed E-state index contributed by atoms with van der Waals surface area (Å²) in [7, 11) is 0. The van der Waals surface area contributed by atoms with Gasteiger partial charge in [0, 0.05) is 15.3 Å². The fourth-order valence-corrected chi connectivity index (χ4v) is 3.26. The third-order valence-corrected chi connectivity index (χ3v) is 4.52. The Kier molecular flexibility index (Phi) is 2.98. The van der Waals surface area contributed by atoms with Crippen LogP contribution in [-0.4, -0.2) is 10.2 Å². The normalized spacial score (nSPS) is 11.1. The van der Waals surface area contributed by atoms with Gasteiger partial charge in [0.05, 0.1) is 10.4 Å². The molecule has 0 fully saturated rings. The van der Waals surface area contributed by atoms with E-state index >= 15 is 0 Å². The predicted octanol–water partition coefficient (Wildman–Crippen LogP) is 4.97. The van der Waals surface area contributed by atoms with Crippen LogP contribution in [0.25, 0.3) is 20.5 Å². The first kappa shape index (κ1) is 11.9. The van der Waals surface area contributed by atoms with Gasteiger partial charge in [-0.2, -0.15) is 5.10 Å². The Hall–Kier alpha value is -1.16. The van der Waals surface area contributed by atoms with Crippen LogP contribution in [0, 0.1) is 6.92 Å². The summed E-state index contributed by atoms with van der Waals surface area (Å²) in [6.45, 7) is 1.94. The third kappa shape index (κ3) is 1.99. The van der Waals surface area contributed by atoms with E-state index in [2.05, 4.69) is 10.2 Å². The van der Waals surface area contributed by atoms with Crippen LogP contribution in [-0.2, 0) is 0 Å². The van der Waals surface area contributed by atoms with Crippen molar-refractivity contribution < 1.29 is 0 Å². The van der Waals surface area contributed by atoms with Gasteiger partial charge in [-0.25, -0.2) is 0 Å². The van der Waals surface area contributed by atoms with Crippen LogP contribution in [0.5, 0.6) is 0 Å². The molecule has 0 atom stereocenters. The van der Waals surface area contributed by atoms with Gasteiger partial charge in [0.25, 0.3) is 0 Å². The molecule has 3 rings (SSSR count). The predicted molar refractivity (Wildman–Crippen MR) is 77.6 cm³/mol. The molecule has 0 spiro atoms. The zero-order valence-corrected chi connectivity index (χ0v) is 11.8. The number of halogens is 2. The number of nitrogens with zero attached hydrogens (tertiary/aromatic N) is 2. The van der Waals surface area contributed by atoms with Gasteiger partial charge < -0.3 is 0 Å². The minimum Gasteiger partial charge on any atom is -0.153 e. The Bertz CT molecular complexity index is 681. The van der Waals surface area contributed by atoms with E-state index in [9.17, 15) is 0 Å². The van der Waals surface area contributed by atoms with Crippen LogP contribution < -0.4 is 0 Å². The highest BCUT2D eigenvalue weighted by molar-refractivity contribution is 7.22. The van der Waals surface area contributed by atoms with Crippen molar-refractivity contribution in [2.45, 2.75) is 6.92 Å². The van der Waals surface area contributed by atoms with E-state index in [-0.39, 0.29) is 0 Å². The lowest BCUT2D eigenvalue weighted by Crippen LogP contribution is -1.85. The summed E-state index contributed by atoms with van der Waals surface area (Å²) in [4.78, 5) is 1.14. The van der Waals surface area contributed by atoms with E-state index in [1.807, 2.05) is 37.3 Å². The summed E-state index contributed by atoms with van der Waals surface area (Å²) in [5, 5.41) is 10.1. The molecule has 0 aliphatic heterocycles. The fourth-order valence-electron chi connectivity index (χ4n) is 1.79. The molecule has 0 bridgehead atoms. The molecule has 0 N–H and O–H groups in total. The number of rotatable bonds is 1. The van der Waals surface area contributed by atoms with Crippen molar-refractivity contribution in [3.63, 3.8) is 0 Å². The Morgan fingerprint density at radius 3 is 2.44 bits per heavy atom. The minimum absolute atomic E-state index is 0.451. The van der Waals surface area contributed by atoms with Crippen LogP contribution >= 0.6 is 34.5 Å². The molecule has 0 aliphatic rings. The molecule has 18 heavy (non-hydrogen) atoms. The van der Waals surface area contributed by atoms with Gasteiger partial charge in [-0.1, -0.05) is 35.3 Å². The van der Waals surface area contributed by atoms with Crippen molar-refractivity contribution >= 4 is 44.6 Å². The van der Waals surface area contributed by atoms with Gasteiger partial charge in [-0.3, -0.25) is 0 Å². The Morgan fingerprint density at radius 2 is 1.78 bits per heavy atom. The van der Waals surface area contributed by atoms with Gasteiger partial charge in [0.15, 0.2) is 5.15 Å². The second-order valence-corrected chi connectivity index (χ2v) is 5.78. The zero-order chi connectivity index (χ0) is 12.7. The highest BCUT2D eigenvalue weighted by atomic mass is 35.5. The molecule has 90 valence electrons. The molecule has 2 nitrogen and oxygen atoms in total. The average molecular weight is 295 g/mol. The second-order valence-electron chi connectivity index (χ2n) is 3.94. The molecule has 3 aromatic rings. The maximum atomic E-state index is 6.07. The number of aromatic nitrogens is 2. The van der Waals surface area contributed by atoms with Crippen molar-refractivity contribution in [2.75, 3.05) is 0 Å². The van der Waals surface area contributed by atoms with E-state index in [0.717, 1.165) is 31.2 Å². The Balaban J connectivity index is 2.22. The van der Waals surface area contributed by atoms with E-state index in [0.29, 0.717) is 5.15 Å². The number of fused-ring (bicyclic) bond motifs is 1. The molecule has 2 heterocycles. The summed E-state index contributed by atoms with van der Waals surface area (Å²) in [6, 6.07) is 9.81. The van der Waals surface area contributed by atoms with Crippen LogP contribution in [0.2, 0.25) is 10.2 Å².